The molecule has 1 aromatic carbocycles. The molecule has 1 aliphatic carbocycles. The number of nitriles is 1. The lowest BCUT2D eigenvalue weighted by Gasteiger charge is -2.17. The zero-order chi connectivity index (χ0) is 17.9. The number of rotatable bonds is 6. The van der Waals surface area contributed by atoms with Crippen molar-refractivity contribution in [3.05, 3.63) is 29.8 Å². The van der Waals surface area contributed by atoms with Crippen molar-refractivity contribution in [1.29, 1.82) is 5.26 Å². The fourth-order valence-electron chi connectivity index (χ4n) is 3.16. The summed E-state index contributed by atoms with van der Waals surface area (Å²) in [4.78, 5) is 14.6. The number of hydrogen-bond acceptors (Lipinski definition) is 6. The number of para-hydroxylation sites is 1. The molecule has 0 atom stereocenters. The summed E-state index contributed by atoms with van der Waals surface area (Å²) in [6, 6.07) is 9.56. The van der Waals surface area contributed by atoms with Gasteiger partial charge in [-0.15, -0.1) is 10.2 Å². The first-order valence-electron chi connectivity index (χ1n) is 8.88. The number of thioether (sulfide) groups is 1. The quantitative estimate of drug-likeness (QED) is 0.789. The molecule has 1 saturated carbocycles. The van der Waals surface area contributed by atoms with E-state index in [4.69, 9.17) is 5.26 Å². The predicted octanol–water partition coefficient (Wildman–Crippen LogP) is 2.82. The van der Waals surface area contributed by atoms with Crippen LogP contribution >= 0.6 is 11.8 Å². The second kappa shape index (κ2) is 7.38. The van der Waals surface area contributed by atoms with E-state index < -0.39 is 0 Å². The maximum Gasteiger partial charge on any atom is 0.234 e. The third kappa shape index (κ3) is 3.53. The molecular weight excluding hydrogens is 348 g/mol. The third-order valence-electron chi connectivity index (χ3n) is 4.60. The van der Waals surface area contributed by atoms with Crippen LogP contribution in [0, 0.1) is 11.3 Å². The number of nitrogens with zero attached hydrogens (tertiary/aromatic N) is 5. The molecule has 1 N–H and O–H groups in total. The maximum atomic E-state index is 12.3. The van der Waals surface area contributed by atoms with Crippen LogP contribution in [-0.4, -0.2) is 39.5 Å². The van der Waals surface area contributed by atoms with E-state index in [2.05, 4.69) is 31.1 Å². The van der Waals surface area contributed by atoms with E-state index >= 15 is 0 Å². The Morgan fingerprint density at radius 1 is 1.27 bits per heavy atom. The first-order chi connectivity index (χ1) is 12.8. The minimum absolute atomic E-state index is 0.147. The first kappa shape index (κ1) is 16.9. The third-order valence-corrected chi connectivity index (χ3v) is 5.54. The van der Waals surface area contributed by atoms with Gasteiger partial charge in [0.2, 0.25) is 11.9 Å². The van der Waals surface area contributed by atoms with Crippen LogP contribution in [0.15, 0.2) is 29.4 Å². The molecule has 0 spiro atoms. The van der Waals surface area contributed by atoms with Gasteiger partial charge in [-0.25, -0.2) is 0 Å². The highest BCUT2D eigenvalue weighted by Crippen LogP contribution is 2.41. The van der Waals surface area contributed by atoms with Crippen molar-refractivity contribution in [3.63, 3.8) is 0 Å². The monoisotopic (exact) mass is 368 g/mol. The summed E-state index contributed by atoms with van der Waals surface area (Å²) in [6.45, 7) is 2.06. The highest BCUT2D eigenvalue weighted by Gasteiger charge is 2.32. The second-order valence-corrected chi connectivity index (χ2v) is 7.51. The molecular formula is C18H20N6OS. The standard InChI is InChI=1S/C18H20N6OS/c19-11-13-5-1-2-6-15(13)20-16(25)12-26-18-22-21-17(23-9-3-4-10-23)24(18)14-7-8-14/h1-2,5-6,14H,3-4,7-10,12H2,(H,20,25). The van der Waals surface area contributed by atoms with E-state index in [1.165, 1.54) is 24.6 Å². The number of amides is 1. The number of benzene rings is 1. The van der Waals surface area contributed by atoms with Gasteiger partial charge >= 0.3 is 0 Å². The Labute approximate surface area is 156 Å². The van der Waals surface area contributed by atoms with Gasteiger partial charge in [0.15, 0.2) is 5.16 Å². The Bertz CT molecular complexity index is 848. The van der Waals surface area contributed by atoms with Crippen LogP contribution in [0.4, 0.5) is 11.6 Å². The highest BCUT2D eigenvalue weighted by atomic mass is 32.2. The first-order valence-corrected chi connectivity index (χ1v) is 9.86. The van der Waals surface area contributed by atoms with Crippen LogP contribution in [0.5, 0.6) is 0 Å². The molecule has 26 heavy (non-hydrogen) atoms. The molecule has 1 amide bonds. The molecule has 1 aromatic heterocycles. The van der Waals surface area contributed by atoms with Gasteiger partial charge in [-0.2, -0.15) is 5.26 Å². The number of nitrogens with one attached hydrogen (secondary N) is 1. The van der Waals surface area contributed by atoms with Gasteiger partial charge in [-0.3, -0.25) is 9.36 Å². The second-order valence-electron chi connectivity index (χ2n) is 6.57. The van der Waals surface area contributed by atoms with E-state index in [1.807, 2.05) is 0 Å². The van der Waals surface area contributed by atoms with Gasteiger partial charge < -0.3 is 10.2 Å². The lowest BCUT2D eigenvalue weighted by Crippen LogP contribution is -2.22. The smallest absolute Gasteiger partial charge is 0.234 e. The Balaban J connectivity index is 1.43. The number of aromatic nitrogens is 3. The fraction of sp³-hybridized carbons (Fsp3) is 0.444. The molecule has 2 aromatic rings. The summed E-state index contributed by atoms with van der Waals surface area (Å²) in [5.41, 5.74) is 1.00. The summed E-state index contributed by atoms with van der Waals surface area (Å²) in [5.74, 6) is 1.04. The lowest BCUT2D eigenvalue weighted by atomic mass is 10.2. The van der Waals surface area contributed by atoms with E-state index in [0.717, 1.165) is 37.0 Å². The number of hydrogen-bond donors (Lipinski definition) is 1. The van der Waals surface area contributed by atoms with Crippen LogP contribution < -0.4 is 10.2 Å². The number of carbonyl (C=O) groups excluding carboxylic acids is 1. The van der Waals surface area contributed by atoms with Crippen molar-refractivity contribution in [3.8, 4) is 6.07 Å². The average molecular weight is 368 g/mol. The minimum Gasteiger partial charge on any atom is -0.341 e. The van der Waals surface area contributed by atoms with Crippen molar-refractivity contribution in [1.82, 2.24) is 14.8 Å². The van der Waals surface area contributed by atoms with Crippen molar-refractivity contribution in [2.45, 2.75) is 36.9 Å². The molecule has 1 saturated heterocycles. The number of anilines is 2. The van der Waals surface area contributed by atoms with Crippen LogP contribution in [0.3, 0.4) is 0 Å². The molecule has 2 fully saturated rings. The van der Waals surface area contributed by atoms with E-state index in [1.54, 1.807) is 24.3 Å². The summed E-state index contributed by atoms with van der Waals surface area (Å²) >= 11 is 1.40. The van der Waals surface area contributed by atoms with Gasteiger partial charge in [0, 0.05) is 19.1 Å². The Morgan fingerprint density at radius 2 is 2.04 bits per heavy atom. The molecule has 2 aliphatic rings. The summed E-state index contributed by atoms with van der Waals surface area (Å²) in [7, 11) is 0. The predicted molar refractivity (Wildman–Crippen MR) is 100 cm³/mol. The van der Waals surface area contributed by atoms with Crippen LogP contribution in [0.2, 0.25) is 0 Å². The highest BCUT2D eigenvalue weighted by molar-refractivity contribution is 7.99. The SMILES string of the molecule is N#Cc1ccccc1NC(=O)CSc1nnc(N2CCCC2)n1C1CC1. The summed E-state index contributed by atoms with van der Waals surface area (Å²) < 4.78 is 2.20. The van der Waals surface area contributed by atoms with E-state index in [-0.39, 0.29) is 11.7 Å². The zero-order valence-electron chi connectivity index (χ0n) is 14.4. The van der Waals surface area contributed by atoms with Gasteiger partial charge in [0.1, 0.15) is 6.07 Å². The van der Waals surface area contributed by atoms with Gasteiger partial charge in [0.05, 0.1) is 17.0 Å². The Morgan fingerprint density at radius 3 is 2.77 bits per heavy atom. The van der Waals surface area contributed by atoms with Crippen molar-refractivity contribution < 1.29 is 4.79 Å². The van der Waals surface area contributed by atoms with Crippen LogP contribution in [0.1, 0.15) is 37.3 Å². The largest absolute Gasteiger partial charge is 0.341 e. The van der Waals surface area contributed by atoms with Gasteiger partial charge in [-0.1, -0.05) is 23.9 Å². The van der Waals surface area contributed by atoms with Gasteiger partial charge in [-0.05, 0) is 37.8 Å². The summed E-state index contributed by atoms with van der Waals surface area (Å²) in [5, 5.41) is 21.5. The summed E-state index contributed by atoms with van der Waals surface area (Å²) in [6.07, 6.45) is 4.68. The molecule has 134 valence electrons. The molecule has 1 aliphatic heterocycles. The van der Waals surface area contributed by atoms with Crippen molar-refractivity contribution >= 4 is 29.3 Å². The van der Waals surface area contributed by atoms with Gasteiger partial charge in [0.25, 0.3) is 0 Å². The van der Waals surface area contributed by atoms with Crippen molar-refractivity contribution in [2.24, 2.45) is 0 Å². The fourth-order valence-corrected chi connectivity index (χ4v) is 3.96. The van der Waals surface area contributed by atoms with Crippen LogP contribution in [-0.2, 0) is 4.79 Å². The van der Waals surface area contributed by atoms with Crippen molar-refractivity contribution in [2.75, 3.05) is 29.1 Å². The molecule has 0 unspecified atom stereocenters. The van der Waals surface area contributed by atoms with E-state index in [9.17, 15) is 4.79 Å². The Hall–Kier alpha value is -2.53. The average Bonchev–Trinajstić information content (AvgIpc) is 3.18. The Kier molecular flexibility index (Phi) is 4.80. The lowest BCUT2D eigenvalue weighted by molar-refractivity contribution is -0.113. The van der Waals surface area contributed by atoms with E-state index in [0.29, 0.717) is 17.3 Å². The topological polar surface area (TPSA) is 86.8 Å². The minimum atomic E-state index is -0.147. The number of carbonyl (C=O) groups is 1. The van der Waals surface area contributed by atoms with Crippen LogP contribution in [0.25, 0.3) is 0 Å². The molecule has 0 bridgehead atoms. The molecule has 2 heterocycles. The normalized spacial score (nSPS) is 16.5. The zero-order valence-corrected chi connectivity index (χ0v) is 15.2. The maximum absolute atomic E-state index is 12.3. The molecule has 0 radical (unpaired) electrons. The molecule has 7 nitrogen and oxygen atoms in total. The molecule has 4 rings (SSSR count). The molecule has 8 heteroatoms.